The average molecular weight is 346 g/mol. The van der Waals surface area contributed by atoms with Crippen LogP contribution in [0.15, 0.2) is 24.3 Å². The van der Waals surface area contributed by atoms with Crippen molar-refractivity contribution in [3.63, 3.8) is 0 Å². The highest BCUT2D eigenvalue weighted by molar-refractivity contribution is 5.96. The van der Waals surface area contributed by atoms with Crippen LogP contribution in [0.25, 0.3) is 0 Å². The number of fused-ring (bicyclic) bond motifs is 2. The molecule has 7 heteroatoms. The third-order valence-corrected chi connectivity index (χ3v) is 5.21. The Morgan fingerprint density at radius 2 is 1.88 bits per heavy atom. The molecule has 0 heterocycles. The maximum absolute atomic E-state index is 12.4. The highest BCUT2D eigenvalue weighted by Crippen LogP contribution is 2.52. The maximum atomic E-state index is 12.4. The predicted molar refractivity (Wildman–Crippen MR) is 88.7 cm³/mol. The minimum absolute atomic E-state index is 0.0665. The highest BCUT2D eigenvalue weighted by atomic mass is 16.5. The minimum Gasteiger partial charge on any atom is -0.494 e. The van der Waals surface area contributed by atoms with Crippen molar-refractivity contribution in [2.45, 2.75) is 26.2 Å². The van der Waals surface area contributed by atoms with Crippen molar-refractivity contribution in [1.82, 2.24) is 10.9 Å². The van der Waals surface area contributed by atoms with Crippen molar-refractivity contribution < 1.29 is 24.2 Å². The number of aliphatic carboxylic acids is 1. The van der Waals surface area contributed by atoms with E-state index in [0.29, 0.717) is 17.9 Å². The first-order valence-electron chi connectivity index (χ1n) is 8.57. The lowest BCUT2D eigenvalue weighted by atomic mass is 9.79. The van der Waals surface area contributed by atoms with Gasteiger partial charge in [0.05, 0.1) is 18.4 Å². The molecule has 2 fully saturated rings. The number of carboxylic acid groups (broad SMARTS) is 1. The van der Waals surface area contributed by atoms with Gasteiger partial charge in [-0.05, 0) is 56.2 Å². The van der Waals surface area contributed by atoms with Crippen LogP contribution in [0, 0.1) is 23.7 Å². The molecule has 0 spiro atoms. The molecule has 2 bridgehead atoms. The van der Waals surface area contributed by atoms with E-state index in [9.17, 15) is 19.5 Å². The highest BCUT2D eigenvalue weighted by Gasteiger charge is 2.54. The smallest absolute Gasteiger partial charge is 0.307 e. The molecule has 3 rings (SSSR count). The Hall–Kier alpha value is -2.57. The topological polar surface area (TPSA) is 105 Å². The summed E-state index contributed by atoms with van der Waals surface area (Å²) in [4.78, 5) is 36.1. The van der Waals surface area contributed by atoms with Crippen molar-refractivity contribution in [2.24, 2.45) is 23.7 Å². The fraction of sp³-hybridized carbons (Fsp3) is 0.500. The maximum Gasteiger partial charge on any atom is 0.307 e. The zero-order valence-electron chi connectivity index (χ0n) is 14.0. The fourth-order valence-corrected chi connectivity index (χ4v) is 4.19. The van der Waals surface area contributed by atoms with Crippen LogP contribution in [-0.2, 0) is 9.59 Å². The molecule has 1 aromatic rings. The largest absolute Gasteiger partial charge is 0.494 e. The first-order chi connectivity index (χ1) is 12.0. The first-order valence-corrected chi connectivity index (χ1v) is 8.57. The summed E-state index contributed by atoms with van der Waals surface area (Å²) in [5.74, 6) is -2.33. The summed E-state index contributed by atoms with van der Waals surface area (Å²) in [6.45, 7) is 2.34. The lowest BCUT2D eigenvalue weighted by molar-refractivity contribution is -0.149. The van der Waals surface area contributed by atoms with Crippen molar-refractivity contribution in [3.8, 4) is 5.75 Å². The number of carboxylic acids is 1. The van der Waals surface area contributed by atoms with Gasteiger partial charge in [-0.3, -0.25) is 25.2 Å². The molecule has 1 aromatic carbocycles. The van der Waals surface area contributed by atoms with Crippen molar-refractivity contribution in [1.29, 1.82) is 0 Å². The van der Waals surface area contributed by atoms with E-state index >= 15 is 0 Å². The number of benzene rings is 1. The predicted octanol–water partition coefficient (Wildman–Crippen LogP) is 1.59. The summed E-state index contributed by atoms with van der Waals surface area (Å²) in [6, 6.07) is 6.63. The molecule has 2 aliphatic carbocycles. The Morgan fingerprint density at radius 1 is 1.16 bits per heavy atom. The van der Waals surface area contributed by atoms with Crippen LogP contribution < -0.4 is 15.6 Å². The molecule has 0 radical (unpaired) electrons. The van der Waals surface area contributed by atoms with Crippen molar-refractivity contribution in [3.05, 3.63) is 29.8 Å². The van der Waals surface area contributed by atoms with Crippen molar-refractivity contribution >= 4 is 17.8 Å². The van der Waals surface area contributed by atoms with Gasteiger partial charge < -0.3 is 9.84 Å². The fourth-order valence-electron chi connectivity index (χ4n) is 4.19. The average Bonchev–Trinajstić information content (AvgIpc) is 3.21. The SMILES string of the molecule is CCOc1cccc(C(=O)NNC(=O)[C@@H]2[C@H]3CC[C@@H](C3)[C@H]2C(=O)O)c1. The molecule has 0 aliphatic heterocycles. The molecule has 2 aliphatic rings. The standard InChI is InChI=1S/C18H22N2O5/c1-2-25-13-5-3-4-12(9-13)16(21)19-20-17(22)14-10-6-7-11(8-10)15(14)18(23)24/h3-5,9-11,14-15H,2,6-8H2,1H3,(H,19,21)(H,20,22)(H,23,24)/t10-,11-,14+,15+/m0/s1. The number of hydrazine groups is 1. The second kappa shape index (κ2) is 7.13. The Labute approximate surface area is 145 Å². The van der Waals surface area contributed by atoms with Gasteiger partial charge in [-0.1, -0.05) is 6.07 Å². The van der Waals surface area contributed by atoms with E-state index < -0.39 is 29.6 Å². The van der Waals surface area contributed by atoms with E-state index in [2.05, 4.69) is 10.9 Å². The number of carbonyl (C=O) groups excluding carboxylic acids is 2. The number of amides is 2. The summed E-state index contributed by atoms with van der Waals surface area (Å²) in [7, 11) is 0. The molecule has 134 valence electrons. The summed E-state index contributed by atoms with van der Waals surface area (Å²) in [5, 5.41) is 9.41. The zero-order valence-corrected chi connectivity index (χ0v) is 14.0. The second-order valence-electron chi connectivity index (χ2n) is 6.63. The number of carbonyl (C=O) groups is 3. The molecule has 7 nitrogen and oxygen atoms in total. The van der Waals surface area contributed by atoms with Crippen LogP contribution in [-0.4, -0.2) is 29.5 Å². The summed E-state index contributed by atoms with van der Waals surface area (Å²) in [5.41, 5.74) is 5.13. The van der Waals surface area contributed by atoms with Crippen LogP contribution in [0.3, 0.4) is 0 Å². The third kappa shape index (κ3) is 3.45. The van der Waals surface area contributed by atoms with Crippen molar-refractivity contribution in [2.75, 3.05) is 6.61 Å². The normalized spacial score (nSPS) is 26.9. The van der Waals surface area contributed by atoms with Gasteiger partial charge in [-0.2, -0.15) is 0 Å². The van der Waals surface area contributed by atoms with Crippen LogP contribution >= 0.6 is 0 Å². The number of nitrogens with one attached hydrogen (secondary N) is 2. The van der Waals surface area contributed by atoms with Gasteiger partial charge in [0.15, 0.2) is 0 Å². The van der Waals surface area contributed by atoms with E-state index in [1.54, 1.807) is 24.3 Å². The first kappa shape index (κ1) is 17.3. The van der Waals surface area contributed by atoms with Gasteiger partial charge in [0.2, 0.25) is 5.91 Å². The zero-order chi connectivity index (χ0) is 18.0. The van der Waals surface area contributed by atoms with Gasteiger partial charge >= 0.3 is 5.97 Å². The molecule has 3 N–H and O–H groups in total. The van der Waals surface area contributed by atoms with Gasteiger partial charge in [0.1, 0.15) is 5.75 Å². The monoisotopic (exact) mass is 346 g/mol. The molecule has 0 aromatic heterocycles. The Kier molecular flexibility index (Phi) is 4.92. The lowest BCUT2D eigenvalue weighted by Crippen LogP contribution is -2.48. The van der Waals surface area contributed by atoms with Crippen LogP contribution in [0.5, 0.6) is 5.75 Å². The summed E-state index contributed by atoms with van der Waals surface area (Å²) < 4.78 is 5.34. The third-order valence-electron chi connectivity index (χ3n) is 5.21. The molecule has 2 saturated carbocycles. The van der Waals surface area contributed by atoms with Crippen LogP contribution in [0.1, 0.15) is 36.5 Å². The van der Waals surface area contributed by atoms with Crippen LogP contribution in [0.2, 0.25) is 0 Å². The Balaban J connectivity index is 1.61. The molecule has 2 amide bonds. The van der Waals surface area contributed by atoms with Gasteiger partial charge in [-0.15, -0.1) is 0 Å². The number of hydrogen-bond acceptors (Lipinski definition) is 4. The van der Waals surface area contributed by atoms with Crippen LogP contribution in [0.4, 0.5) is 0 Å². The van der Waals surface area contributed by atoms with Gasteiger partial charge in [0, 0.05) is 5.56 Å². The number of rotatable bonds is 5. The molecule has 4 atom stereocenters. The lowest BCUT2D eigenvalue weighted by Gasteiger charge is -2.27. The van der Waals surface area contributed by atoms with E-state index in [0.717, 1.165) is 19.3 Å². The van der Waals surface area contributed by atoms with E-state index in [-0.39, 0.29) is 11.8 Å². The van der Waals surface area contributed by atoms with Gasteiger partial charge in [0.25, 0.3) is 5.91 Å². The second-order valence-corrected chi connectivity index (χ2v) is 6.63. The molecule has 0 unspecified atom stereocenters. The molecular formula is C18H22N2O5. The minimum atomic E-state index is -0.928. The molecular weight excluding hydrogens is 324 g/mol. The molecule has 0 saturated heterocycles. The molecule has 25 heavy (non-hydrogen) atoms. The van der Waals surface area contributed by atoms with E-state index in [1.165, 1.54) is 0 Å². The van der Waals surface area contributed by atoms with E-state index in [1.807, 2.05) is 6.92 Å². The summed E-state index contributed by atoms with van der Waals surface area (Å²) >= 11 is 0. The van der Waals surface area contributed by atoms with E-state index in [4.69, 9.17) is 4.74 Å². The Bertz CT molecular complexity index is 690. The number of hydrogen-bond donors (Lipinski definition) is 3. The summed E-state index contributed by atoms with van der Waals surface area (Å²) in [6.07, 6.45) is 2.51. The number of ether oxygens (including phenoxy) is 1. The Morgan fingerprint density at radius 3 is 2.56 bits per heavy atom. The quantitative estimate of drug-likeness (QED) is 0.702. The van der Waals surface area contributed by atoms with Gasteiger partial charge in [-0.25, -0.2) is 0 Å².